The van der Waals surface area contributed by atoms with Gasteiger partial charge in [-0.2, -0.15) is 5.10 Å². The van der Waals surface area contributed by atoms with Crippen LogP contribution in [0.2, 0.25) is 0 Å². The number of benzene rings is 1. The molecule has 1 aliphatic rings. The molecule has 116 valence electrons. The molecule has 0 unspecified atom stereocenters. The van der Waals surface area contributed by atoms with Crippen LogP contribution in [-0.4, -0.2) is 19.7 Å². The number of hydrogen-bond acceptors (Lipinski definition) is 3. The predicted molar refractivity (Wildman–Crippen MR) is 85.4 cm³/mol. The third-order valence-electron chi connectivity index (χ3n) is 4.31. The lowest BCUT2D eigenvalue weighted by Crippen LogP contribution is -2.11. The molecule has 1 aromatic carbocycles. The highest BCUT2D eigenvalue weighted by molar-refractivity contribution is 5.57. The van der Waals surface area contributed by atoms with E-state index >= 15 is 0 Å². The zero-order valence-corrected chi connectivity index (χ0v) is 12.7. The lowest BCUT2D eigenvalue weighted by atomic mass is 9.95. The zero-order valence-electron chi connectivity index (χ0n) is 12.7. The Balaban J connectivity index is 1.79. The second kappa shape index (κ2) is 5.91. The maximum atomic E-state index is 14.0. The Morgan fingerprint density at radius 3 is 2.61 bits per heavy atom. The molecule has 0 bridgehead atoms. The standard InChI is InChI=1S/C18H17FN4/c19-15-8-3-1-6-13(15)12-23-16-9-4-2-7-14(16)17(22-23)18-20-10-5-11-21-18/h1,3,5-6,8,10-11H,2,4,7,9,12H2. The summed E-state index contributed by atoms with van der Waals surface area (Å²) in [5.41, 5.74) is 3.92. The van der Waals surface area contributed by atoms with Crippen molar-refractivity contribution in [3.8, 4) is 11.5 Å². The van der Waals surface area contributed by atoms with E-state index in [2.05, 4.69) is 9.97 Å². The first-order valence-corrected chi connectivity index (χ1v) is 7.92. The topological polar surface area (TPSA) is 43.6 Å². The van der Waals surface area contributed by atoms with Gasteiger partial charge in [0, 0.05) is 29.2 Å². The fourth-order valence-electron chi connectivity index (χ4n) is 3.19. The van der Waals surface area contributed by atoms with Crippen molar-refractivity contribution < 1.29 is 4.39 Å². The smallest absolute Gasteiger partial charge is 0.180 e. The van der Waals surface area contributed by atoms with Crippen LogP contribution in [0.4, 0.5) is 4.39 Å². The second-order valence-electron chi connectivity index (χ2n) is 5.80. The summed E-state index contributed by atoms with van der Waals surface area (Å²) in [6.45, 7) is 0.446. The molecule has 0 atom stereocenters. The summed E-state index contributed by atoms with van der Waals surface area (Å²) in [6, 6.07) is 8.67. The van der Waals surface area contributed by atoms with Crippen LogP contribution in [0.25, 0.3) is 11.5 Å². The second-order valence-corrected chi connectivity index (χ2v) is 5.80. The summed E-state index contributed by atoms with van der Waals surface area (Å²) in [5.74, 6) is 0.461. The molecule has 0 spiro atoms. The third-order valence-corrected chi connectivity index (χ3v) is 4.31. The monoisotopic (exact) mass is 308 g/mol. The van der Waals surface area contributed by atoms with E-state index in [1.807, 2.05) is 16.8 Å². The van der Waals surface area contributed by atoms with E-state index in [0.717, 1.165) is 31.4 Å². The largest absolute Gasteiger partial charge is 0.264 e. The zero-order chi connectivity index (χ0) is 15.6. The molecule has 3 aromatic rings. The maximum Gasteiger partial charge on any atom is 0.180 e. The van der Waals surface area contributed by atoms with Crippen molar-refractivity contribution in [3.05, 3.63) is 65.4 Å². The Bertz CT molecular complexity index is 826. The van der Waals surface area contributed by atoms with Gasteiger partial charge < -0.3 is 0 Å². The van der Waals surface area contributed by atoms with Gasteiger partial charge in [0.1, 0.15) is 11.5 Å². The van der Waals surface area contributed by atoms with Gasteiger partial charge in [-0.05, 0) is 37.8 Å². The van der Waals surface area contributed by atoms with Gasteiger partial charge in [-0.3, -0.25) is 4.68 Å². The minimum absolute atomic E-state index is 0.190. The molecule has 4 rings (SSSR count). The summed E-state index contributed by atoms with van der Waals surface area (Å²) < 4.78 is 15.9. The van der Waals surface area contributed by atoms with Gasteiger partial charge in [-0.25, -0.2) is 14.4 Å². The number of fused-ring (bicyclic) bond motifs is 1. The molecule has 0 N–H and O–H groups in total. The highest BCUT2D eigenvalue weighted by Crippen LogP contribution is 2.30. The molecule has 0 fully saturated rings. The normalized spacial score (nSPS) is 13.8. The van der Waals surface area contributed by atoms with Gasteiger partial charge in [0.15, 0.2) is 5.82 Å². The molecule has 23 heavy (non-hydrogen) atoms. The summed E-state index contributed by atoms with van der Waals surface area (Å²) in [4.78, 5) is 8.67. The van der Waals surface area contributed by atoms with Crippen molar-refractivity contribution in [1.29, 1.82) is 0 Å². The van der Waals surface area contributed by atoms with Gasteiger partial charge >= 0.3 is 0 Å². The van der Waals surface area contributed by atoms with Crippen molar-refractivity contribution in [2.24, 2.45) is 0 Å². The Kier molecular flexibility index (Phi) is 3.61. The van der Waals surface area contributed by atoms with Crippen LogP contribution >= 0.6 is 0 Å². The van der Waals surface area contributed by atoms with Gasteiger partial charge in [-0.1, -0.05) is 18.2 Å². The van der Waals surface area contributed by atoms with Crippen LogP contribution < -0.4 is 0 Å². The van der Waals surface area contributed by atoms with Gasteiger partial charge in [0.2, 0.25) is 0 Å². The van der Waals surface area contributed by atoms with E-state index in [4.69, 9.17) is 5.10 Å². The summed E-state index contributed by atoms with van der Waals surface area (Å²) in [7, 11) is 0. The van der Waals surface area contributed by atoms with Crippen LogP contribution in [-0.2, 0) is 19.4 Å². The fraction of sp³-hybridized carbons (Fsp3) is 0.278. The van der Waals surface area contributed by atoms with E-state index in [1.165, 1.54) is 17.3 Å². The van der Waals surface area contributed by atoms with Crippen molar-refractivity contribution in [2.45, 2.75) is 32.2 Å². The molecule has 5 heteroatoms. The van der Waals surface area contributed by atoms with Crippen molar-refractivity contribution >= 4 is 0 Å². The molecule has 0 saturated heterocycles. The maximum absolute atomic E-state index is 14.0. The first kappa shape index (κ1) is 14.1. The number of rotatable bonds is 3. The quantitative estimate of drug-likeness (QED) is 0.745. The predicted octanol–water partition coefficient (Wildman–Crippen LogP) is 3.41. The molecule has 0 radical (unpaired) electrons. The highest BCUT2D eigenvalue weighted by atomic mass is 19.1. The van der Waals surface area contributed by atoms with Gasteiger partial charge in [0.25, 0.3) is 0 Å². The van der Waals surface area contributed by atoms with E-state index in [0.29, 0.717) is 17.9 Å². The van der Waals surface area contributed by atoms with Crippen molar-refractivity contribution in [2.75, 3.05) is 0 Å². The van der Waals surface area contributed by atoms with Crippen molar-refractivity contribution in [3.63, 3.8) is 0 Å². The minimum atomic E-state index is -0.190. The first-order chi connectivity index (χ1) is 11.3. The average molecular weight is 308 g/mol. The molecule has 0 aliphatic heterocycles. The van der Waals surface area contributed by atoms with E-state index in [-0.39, 0.29) is 5.82 Å². The van der Waals surface area contributed by atoms with Crippen LogP contribution in [0.3, 0.4) is 0 Å². The van der Waals surface area contributed by atoms with E-state index < -0.39 is 0 Å². The molecule has 0 saturated carbocycles. The van der Waals surface area contributed by atoms with Crippen LogP contribution in [0.1, 0.15) is 29.7 Å². The Morgan fingerprint density at radius 2 is 1.78 bits per heavy atom. The summed E-state index contributed by atoms with van der Waals surface area (Å²) in [5, 5.41) is 4.72. The number of hydrogen-bond donors (Lipinski definition) is 0. The van der Waals surface area contributed by atoms with Crippen LogP contribution in [0, 0.1) is 5.82 Å². The number of aromatic nitrogens is 4. The van der Waals surface area contributed by atoms with E-state index in [1.54, 1.807) is 24.5 Å². The molecule has 1 aliphatic carbocycles. The van der Waals surface area contributed by atoms with Crippen molar-refractivity contribution in [1.82, 2.24) is 19.7 Å². The van der Waals surface area contributed by atoms with Crippen LogP contribution in [0.5, 0.6) is 0 Å². The molecular formula is C18H17FN4. The average Bonchev–Trinajstić information content (AvgIpc) is 2.97. The lowest BCUT2D eigenvalue weighted by molar-refractivity contribution is 0.561. The summed E-state index contributed by atoms with van der Waals surface area (Å²) in [6.07, 6.45) is 7.72. The molecule has 2 heterocycles. The molecular weight excluding hydrogens is 291 g/mol. The molecule has 2 aromatic heterocycles. The number of nitrogens with zero attached hydrogens (tertiary/aromatic N) is 4. The highest BCUT2D eigenvalue weighted by Gasteiger charge is 2.23. The van der Waals surface area contributed by atoms with Gasteiger partial charge in [-0.15, -0.1) is 0 Å². The Morgan fingerprint density at radius 1 is 1.00 bits per heavy atom. The first-order valence-electron chi connectivity index (χ1n) is 7.92. The van der Waals surface area contributed by atoms with Gasteiger partial charge in [0.05, 0.1) is 6.54 Å². The fourth-order valence-corrected chi connectivity index (χ4v) is 3.19. The SMILES string of the molecule is Fc1ccccc1Cn1nc(-c2ncccn2)c2c1CCCC2. The Labute approximate surface area is 134 Å². The Hall–Kier alpha value is -2.56. The van der Waals surface area contributed by atoms with E-state index in [9.17, 15) is 4.39 Å². The molecule has 4 nitrogen and oxygen atoms in total. The number of halogens is 1. The summed E-state index contributed by atoms with van der Waals surface area (Å²) >= 11 is 0. The lowest BCUT2D eigenvalue weighted by Gasteiger charge is -2.14. The minimum Gasteiger partial charge on any atom is -0.264 e. The molecule has 0 amide bonds. The third kappa shape index (κ3) is 2.63. The van der Waals surface area contributed by atoms with Crippen LogP contribution in [0.15, 0.2) is 42.7 Å².